The SMILES string of the molecule is CCCCCNC(=O)C(c1ccc(O)cc1)N(CCO)C(=O)C(CC(C)C)NC(=O)OC(C)(C)C. The molecule has 198 valence electrons. The average molecular weight is 494 g/mol. The van der Waals surface area contributed by atoms with Crippen LogP contribution in [0.1, 0.15) is 78.8 Å². The highest BCUT2D eigenvalue weighted by atomic mass is 16.6. The van der Waals surface area contributed by atoms with Crippen LogP contribution in [0.4, 0.5) is 4.79 Å². The fraction of sp³-hybridized carbons (Fsp3) is 0.654. The number of aliphatic hydroxyl groups excluding tert-OH is 1. The summed E-state index contributed by atoms with van der Waals surface area (Å²) in [7, 11) is 0. The number of rotatable bonds is 13. The maximum absolute atomic E-state index is 13.7. The van der Waals surface area contributed by atoms with Crippen LogP contribution in [0.5, 0.6) is 5.75 Å². The summed E-state index contributed by atoms with van der Waals surface area (Å²) in [4.78, 5) is 40.8. The number of amides is 3. The van der Waals surface area contributed by atoms with Gasteiger partial charge in [0.1, 0.15) is 23.4 Å². The molecule has 3 amide bonds. The van der Waals surface area contributed by atoms with E-state index < -0.39 is 35.6 Å². The zero-order valence-electron chi connectivity index (χ0n) is 22.0. The maximum Gasteiger partial charge on any atom is 0.408 e. The van der Waals surface area contributed by atoms with E-state index in [1.54, 1.807) is 32.9 Å². The number of aromatic hydroxyl groups is 1. The first-order valence-electron chi connectivity index (χ1n) is 12.4. The summed E-state index contributed by atoms with van der Waals surface area (Å²) in [6.07, 6.45) is 2.35. The van der Waals surface area contributed by atoms with Crippen molar-refractivity contribution in [2.24, 2.45) is 5.92 Å². The van der Waals surface area contributed by atoms with Crippen molar-refractivity contribution in [2.45, 2.75) is 84.9 Å². The fourth-order valence-electron chi connectivity index (χ4n) is 3.63. The van der Waals surface area contributed by atoms with E-state index in [9.17, 15) is 24.6 Å². The Bertz CT molecular complexity index is 804. The Balaban J connectivity index is 3.32. The zero-order valence-corrected chi connectivity index (χ0v) is 22.0. The first-order chi connectivity index (χ1) is 16.4. The number of alkyl carbamates (subject to hydrolysis) is 1. The number of aliphatic hydroxyl groups is 1. The zero-order chi connectivity index (χ0) is 26.6. The van der Waals surface area contributed by atoms with Crippen molar-refractivity contribution in [3.05, 3.63) is 29.8 Å². The van der Waals surface area contributed by atoms with E-state index in [2.05, 4.69) is 17.6 Å². The van der Waals surface area contributed by atoms with Crippen molar-refractivity contribution in [1.82, 2.24) is 15.5 Å². The second-order valence-electron chi connectivity index (χ2n) is 10.1. The van der Waals surface area contributed by atoms with Crippen molar-refractivity contribution < 1.29 is 29.3 Å². The number of phenolic OH excluding ortho intramolecular Hbond substituents is 1. The molecule has 1 aromatic rings. The Hall–Kier alpha value is -2.81. The van der Waals surface area contributed by atoms with Crippen LogP contribution < -0.4 is 10.6 Å². The third-order valence-corrected chi connectivity index (χ3v) is 5.17. The molecular formula is C26H43N3O6. The molecule has 9 heteroatoms. The molecule has 1 aromatic carbocycles. The molecule has 2 atom stereocenters. The van der Waals surface area contributed by atoms with Gasteiger partial charge in [0, 0.05) is 13.1 Å². The summed E-state index contributed by atoms with van der Waals surface area (Å²) in [5.41, 5.74) is -0.258. The van der Waals surface area contributed by atoms with E-state index in [0.717, 1.165) is 19.3 Å². The van der Waals surface area contributed by atoms with E-state index in [4.69, 9.17) is 4.74 Å². The summed E-state index contributed by atoms with van der Waals surface area (Å²) >= 11 is 0. The molecule has 35 heavy (non-hydrogen) atoms. The molecular weight excluding hydrogens is 450 g/mol. The first-order valence-corrected chi connectivity index (χ1v) is 12.4. The van der Waals surface area contributed by atoms with Crippen LogP contribution >= 0.6 is 0 Å². The summed E-state index contributed by atoms with van der Waals surface area (Å²) < 4.78 is 5.34. The third-order valence-electron chi connectivity index (χ3n) is 5.17. The third kappa shape index (κ3) is 11.0. The fourth-order valence-corrected chi connectivity index (χ4v) is 3.63. The Morgan fingerprint density at radius 3 is 2.23 bits per heavy atom. The predicted octanol–water partition coefficient (Wildman–Crippen LogP) is 3.50. The number of nitrogens with zero attached hydrogens (tertiary/aromatic N) is 1. The lowest BCUT2D eigenvalue weighted by Crippen LogP contribution is -2.54. The molecule has 0 bridgehead atoms. The van der Waals surface area contributed by atoms with Crippen molar-refractivity contribution in [2.75, 3.05) is 19.7 Å². The van der Waals surface area contributed by atoms with Crippen LogP contribution in [-0.4, -0.2) is 64.4 Å². The number of nitrogens with one attached hydrogen (secondary N) is 2. The molecule has 0 aromatic heterocycles. The highest BCUT2D eigenvalue weighted by molar-refractivity contribution is 5.92. The van der Waals surface area contributed by atoms with Crippen LogP contribution in [0.25, 0.3) is 0 Å². The largest absolute Gasteiger partial charge is 0.508 e. The second-order valence-corrected chi connectivity index (χ2v) is 10.1. The summed E-state index contributed by atoms with van der Waals surface area (Å²) in [5.74, 6) is -0.806. The number of hydrogen-bond acceptors (Lipinski definition) is 6. The van der Waals surface area contributed by atoms with Gasteiger partial charge in [-0.3, -0.25) is 9.59 Å². The van der Waals surface area contributed by atoms with Gasteiger partial charge >= 0.3 is 6.09 Å². The first kappa shape index (κ1) is 30.2. The summed E-state index contributed by atoms with van der Waals surface area (Å²) in [6, 6.07) is 4.03. The van der Waals surface area contributed by atoms with Gasteiger partial charge in [-0.25, -0.2) is 4.79 Å². The number of unbranched alkanes of at least 4 members (excludes halogenated alkanes) is 2. The lowest BCUT2D eigenvalue weighted by Gasteiger charge is -2.34. The number of carbonyl (C=O) groups excluding carboxylic acids is 3. The summed E-state index contributed by atoms with van der Waals surface area (Å²) in [6.45, 7) is 11.1. The molecule has 4 N–H and O–H groups in total. The van der Waals surface area contributed by atoms with Gasteiger partial charge in [0.2, 0.25) is 11.8 Å². The molecule has 0 aliphatic carbocycles. The van der Waals surface area contributed by atoms with Crippen LogP contribution in [0.15, 0.2) is 24.3 Å². The van der Waals surface area contributed by atoms with Gasteiger partial charge in [-0.2, -0.15) is 0 Å². The minimum Gasteiger partial charge on any atom is -0.508 e. The van der Waals surface area contributed by atoms with Gasteiger partial charge in [0.05, 0.1) is 6.61 Å². The average Bonchev–Trinajstić information content (AvgIpc) is 2.75. The Morgan fingerprint density at radius 1 is 1.09 bits per heavy atom. The molecule has 0 aliphatic rings. The van der Waals surface area contributed by atoms with Crippen molar-refractivity contribution >= 4 is 17.9 Å². The predicted molar refractivity (Wildman–Crippen MR) is 135 cm³/mol. The molecule has 0 heterocycles. The molecule has 0 aliphatic heterocycles. The van der Waals surface area contributed by atoms with Crippen LogP contribution in [0.2, 0.25) is 0 Å². The highest BCUT2D eigenvalue weighted by Gasteiger charge is 2.36. The Labute approximate surface area is 209 Å². The van der Waals surface area contributed by atoms with Gasteiger partial charge in [0.15, 0.2) is 0 Å². The van der Waals surface area contributed by atoms with Crippen LogP contribution in [0, 0.1) is 5.92 Å². The van der Waals surface area contributed by atoms with E-state index in [0.29, 0.717) is 18.5 Å². The minimum absolute atomic E-state index is 0.0279. The number of ether oxygens (including phenoxy) is 1. The number of carbonyl (C=O) groups is 3. The summed E-state index contributed by atoms with van der Waals surface area (Å²) in [5, 5.41) is 25.0. The normalized spacial score (nSPS) is 13.1. The molecule has 0 spiro atoms. The van der Waals surface area contributed by atoms with E-state index in [-0.39, 0.29) is 24.8 Å². The van der Waals surface area contributed by atoms with Crippen LogP contribution in [-0.2, 0) is 14.3 Å². The lowest BCUT2D eigenvalue weighted by atomic mass is 9.99. The minimum atomic E-state index is -1.05. The molecule has 0 saturated heterocycles. The molecule has 0 saturated carbocycles. The number of phenols is 1. The second kappa shape index (κ2) is 14.6. The number of benzene rings is 1. The van der Waals surface area contributed by atoms with Crippen LogP contribution in [0.3, 0.4) is 0 Å². The van der Waals surface area contributed by atoms with Crippen molar-refractivity contribution in [1.29, 1.82) is 0 Å². The Morgan fingerprint density at radius 2 is 1.71 bits per heavy atom. The lowest BCUT2D eigenvalue weighted by molar-refractivity contribution is -0.143. The topological polar surface area (TPSA) is 128 Å². The quantitative estimate of drug-likeness (QED) is 0.311. The van der Waals surface area contributed by atoms with Crippen molar-refractivity contribution in [3.8, 4) is 5.75 Å². The molecule has 2 unspecified atom stereocenters. The van der Waals surface area contributed by atoms with Gasteiger partial charge in [-0.05, 0) is 57.2 Å². The maximum atomic E-state index is 13.7. The Kier molecular flexibility index (Phi) is 12.6. The monoisotopic (exact) mass is 493 g/mol. The van der Waals surface area contributed by atoms with Gasteiger partial charge < -0.3 is 30.5 Å². The number of hydrogen-bond donors (Lipinski definition) is 4. The standard InChI is InChI=1S/C26H43N3O6/c1-7-8-9-14-27-23(32)22(19-10-12-20(31)13-11-19)29(15-16-30)24(33)21(17-18(2)3)28-25(34)35-26(4,5)6/h10-13,18,21-22,30-31H,7-9,14-17H2,1-6H3,(H,27,32)(H,28,34). The van der Waals surface area contributed by atoms with Crippen molar-refractivity contribution in [3.63, 3.8) is 0 Å². The van der Waals surface area contributed by atoms with Gasteiger partial charge in [-0.15, -0.1) is 0 Å². The molecule has 0 fully saturated rings. The molecule has 1 rings (SSSR count). The van der Waals surface area contributed by atoms with Gasteiger partial charge in [0.25, 0.3) is 0 Å². The van der Waals surface area contributed by atoms with Gasteiger partial charge in [-0.1, -0.05) is 45.7 Å². The van der Waals surface area contributed by atoms with E-state index >= 15 is 0 Å². The van der Waals surface area contributed by atoms with E-state index in [1.165, 1.54) is 17.0 Å². The highest BCUT2D eigenvalue weighted by Crippen LogP contribution is 2.25. The smallest absolute Gasteiger partial charge is 0.408 e. The molecule has 9 nitrogen and oxygen atoms in total. The molecule has 0 radical (unpaired) electrons. The van der Waals surface area contributed by atoms with E-state index in [1.807, 2.05) is 13.8 Å².